The highest BCUT2D eigenvalue weighted by molar-refractivity contribution is 5.73. The summed E-state index contributed by atoms with van der Waals surface area (Å²) in [5, 5.41) is 9.42. The zero-order chi connectivity index (χ0) is 15.1. The summed E-state index contributed by atoms with van der Waals surface area (Å²) in [6, 6.07) is 3.42. The smallest absolute Gasteiger partial charge is 0.314 e. The standard InChI is InChI=1S/C14H19N5O2/c1-10(2)9-17-14(20)16-8-5-12-18-13(21-19-12)11-3-6-15-7-4-11/h3-4,6-7,10H,5,8-9H2,1-2H3,(H2,16,17,20). The van der Waals surface area contributed by atoms with E-state index < -0.39 is 0 Å². The Kier molecular flexibility index (Phi) is 5.25. The molecule has 0 saturated heterocycles. The average Bonchev–Trinajstić information content (AvgIpc) is 2.95. The van der Waals surface area contributed by atoms with Crippen molar-refractivity contribution in [2.45, 2.75) is 20.3 Å². The molecule has 0 atom stereocenters. The van der Waals surface area contributed by atoms with Gasteiger partial charge in [-0.3, -0.25) is 4.98 Å². The van der Waals surface area contributed by atoms with Gasteiger partial charge in [0.15, 0.2) is 5.82 Å². The van der Waals surface area contributed by atoms with E-state index in [2.05, 4.69) is 25.8 Å². The number of hydrogen-bond donors (Lipinski definition) is 2. The number of pyridine rings is 1. The lowest BCUT2D eigenvalue weighted by Crippen LogP contribution is -2.38. The number of hydrogen-bond acceptors (Lipinski definition) is 5. The maximum absolute atomic E-state index is 11.5. The summed E-state index contributed by atoms with van der Waals surface area (Å²) in [5.41, 5.74) is 0.825. The lowest BCUT2D eigenvalue weighted by molar-refractivity contribution is 0.239. The van der Waals surface area contributed by atoms with Crippen molar-refractivity contribution in [1.29, 1.82) is 0 Å². The van der Waals surface area contributed by atoms with Crippen LogP contribution in [0.5, 0.6) is 0 Å². The number of aromatic nitrogens is 3. The highest BCUT2D eigenvalue weighted by Crippen LogP contribution is 2.15. The number of carbonyl (C=O) groups excluding carboxylic acids is 1. The van der Waals surface area contributed by atoms with E-state index in [0.29, 0.717) is 37.1 Å². The highest BCUT2D eigenvalue weighted by atomic mass is 16.5. The van der Waals surface area contributed by atoms with Crippen molar-refractivity contribution in [1.82, 2.24) is 25.8 Å². The van der Waals surface area contributed by atoms with E-state index in [9.17, 15) is 4.79 Å². The van der Waals surface area contributed by atoms with Crippen LogP contribution in [0.25, 0.3) is 11.5 Å². The van der Waals surface area contributed by atoms with E-state index >= 15 is 0 Å². The van der Waals surface area contributed by atoms with Crippen LogP contribution in [-0.2, 0) is 6.42 Å². The molecule has 0 fully saturated rings. The Bertz CT molecular complexity index is 568. The summed E-state index contributed by atoms with van der Waals surface area (Å²) in [6.07, 6.45) is 3.85. The highest BCUT2D eigenvalue weighted by Gasteiger charge is 2.08. The van der Waals surface area contributed by atoms with Crippen LogP contribution in [0.15, 0.2) is 29.0 Å². The Morgan fingerprint density at radius 3 is 2.76 bits per heavy atom. The number of nitrogens with zero attached hydrogens (tertiary/aromatic N) is 3. The first-order chi connectivity index (χ1) is 10.1. The molecule has 0 aromatic carbocycles. The third kappa shape index (κ3) is 4.87. The maximum atomic E-state index is 11.5. The van der Waals surface area contributed by atoms with Crippen LogP contribution in [0, 0.1) is 5.92 Å². The summed E-state index contributed by atoms with van der Waals surface area (Å²) >= 11 is 0. The summed E-state index contributed by atoms with van der Waals surface area (Å²) in [4.78, 5) is 19.7. The molecule has 0 bridgehead atoms. The van der Waals surface area contributed by atoms with Crippen molar-refractivity contribution in [3.05, 3.63) is 30.4 Å². The van der Waals surface area contributed by atoms with Gasteiger partial charge in [0.25, 0.3) is 5.89 Å². The van der Waals surface area contributed by atoms with Crippen LogP contribution in [0.3, 0.4) is 0 Å². The second kappa shape index (κ2) is 7.37. The van der Waals surface area contributed by atoms with Crippen molar-refractivity contribution in [3.63, 3.8) is 0 Å². The minimum absolute atomic E-state index is 0.179. The van der Waals surface area contributed by atoms with Gasteiger partial charge in [0, 0.05) is 37.5 Å². The number of rotatable bonds is 6. The van der Waals surface area contributed by atoms with Gasteiger partial charge in [-0.25, -0.2) is 4.79 Å². The zero-order valence-corrected chi connectivity index (χ0v) is 12.2. The normalized spacial score (nSPS) is 10.6. The maximum Gasteiger partial charge on any atom is 0.314 e. The lowest BCUT2D eigenvalue weighted by atomic mass is 10.2. The monoisotopic (exact) mass is 289 g/mol. The van der Waals surface area contributed by atoms with Gasteiger partial charge < -0.3 is 15.2 Å². The molecule has 2 aromatic rings. The van der Waals surface area contributed by atoms with Gasteiger partial charge in [-0.2, -0.15) is 4.98 Å². The first-order valence-electron chi connectivity index (χ1n) is 6.90. The first-order valence-corrected chi connectivity index (χ1v) is 6.90. The van der Waals surface area contributed by atoms with Gasteiger partial charge >= 0.3 is 6.03 Å². The summed E-state index contributed by atoms with van der Waals surface area (Å²) in [7, 11) is 0. The molecule has 0 aliphatic carbocycles. The number of carbonyl (C=O) groups is 1. The molecule has 7 nitrogen and oxygen atoms in total. The molecular weight excluding hydrogens is 270 g/mol. The largest absolute Gasteiger partial charge is 0.338 e. The topological polar surface area (TPSA) is 92.9 Å². The average molecular weight is 289 g/mol. The number of nitrogens with one attached hydrogen (secondary N) is 2. The fraction of sp³-hybridized carbons (Fsp3) is 0.429. The molecule has 0 saturated carbocycles. The molecule has 112 valence electrons. The van der Waals surface area contributed by atoms with Crippen LogP contribution in [-0.4, -0.2) is 34.2 Å². The Morgan fingerprint density at radius 1 is 1.29 bits per heavy atom. The molecule has 2 heterocycles. The number of urea groups is 1. The molecule has 0 unspecified atom stereocenters. The number of amides is 2. The van der Waals surface area contributed by atoms with Crippen LogP contribution in [0.2, 0.25) is 0 Å². The molecule has 2 rings (SSSR count). The second-order valence-corrected chi connectivity index (χ2v) is 5.03. The first kappa shape index (κ1) is 15.0. The molecule has 0 radical (unpaired) electrons. The molecule has 2 amide bonds. The minimum Gasteiger partial charge on any atom is -0.338 e. The van der Waals surface area contributed by atoms with Gasteiger partial charge in [-0.15, -0.1) is 0 Å². The summed E-state index contributed by atoms with van der Waals surface area (Å²) in [5.74, 6) is 1.44. The molecule has 2 N–H and O–H groups in total. The van der Waals surface area contributed by atoms with Crippen LogP contribution in [0.1, 0.15) is 19.7 Å². The van der Waals surface area contributed by atoms with Crippen molar-refractivity contribution in [2.24, 2.45) is 5.92 Å². The molecule has 2 aromatic heterocycles. The van der Waals surface area contributed by atoms with E-state index in [-0.39, 0.29) is 6.03 Å². The molecule has 0 aliphatic rings. The van der Waals surface area contributed by atoms with Crippen LogP contribution in [0.4, 0.5) is 4.79 Å². The molecule has 0 spiro atoms. The van der Waals surface area contributed by atoms with Gasteiger partial charge in [0.2, 0.25) is 0 Å². The Hall–Kier alpha value is -2.44. The van der Waals surface area contributed by atoms with E-state index in [0.717, 1.165) is 5.56 Å². The lowest BCUT2D eigenvalue weighted by Gasteiger charge is -2.08. The SMILES string of the molecule is CC(C)CNC(=O)NCCc1noc(-c2ccncc2)n1. The van der Waals surface area contributed by atoms with Crippen LogP contribution >= 0.6 is 0 Å². The fourth-order valence-corrected chi connectivity index (χ4v) is 1.61. The Morgan fingerprint density at radius 2 is 2.05 bits per heavy atom. The van der Waals surface area contributed by atoms with E-state index in [1.54, 1.807) is 24.5 Å². The fourth-order valence-electron chi connectivity index (χ4n) is 1.61. The third-order valence-corrected chi connectivity index (χ3v) is 2.70. The summed E-state index contributed by atoms with van der Waals surface area (Å²) < 4.78 is 5.17. The minimum atomic E-state index is -0.179. The predicted molar refractivity (Wildman–Crippen MR) is 77.5 cm³/mol. The van der Waals surface area contributed by atoms with Gasteiger partial charge in [0.05, 0.1) is 0 Å². The Balaban J connectivity index is 1.77. The van der Waals surface area contributed by atoms with Gasteiger partial charge in [0.1, 0.15) is 0 Å². The Labute approximate surface area is 123 Å². The van der Waals surface area contributed by atoms with Crippen molar-refractivity contribution in [3.8, 4) is 11.5 Å². The van der Waals surface area contributed by atoms with Gasteiger partial charge in [-0.05, 0) is 18.1 Å². The van der Waals surface area contributed by atoms with E-state index in [1.807, 2.05) is 13.8 Å². The quantitative estimate of drug-likeness (QED) is 0.843. The third-order valence-electron chi connectivity index (χ3n) is 2.70. The van der Waals surface area contributed by atoms with Crippen molar-refractivity contribution in [2.75, 3.05) is 13.1 Å². The molecule has 21 heavy (non-hydrogen) atoms. The van der Waals surface area contributed by atoms with E-state index in [4.69, 9.17) is 4.52 Å². The zero-order valence-electron chi connectivity index (χ0n) is 12.2. The summed E-state index contributed by atoms with van der Waals surface area (Å²) in [6.45, 7) is 5.19. The molecule has 0 aliphatic heterocycles. The predicted octanol–water partition coefficient (Wildman–Crippen LogP) is 1.63. The second-order valence-electron chi connectivity index (χ2n) is 5.03. The molecular formula is C14H19N5O2. The van der Waals surface area contributed by atoms with Crippen LogP contribution < -0.4 is 10.6 Å². The van der Waals surface area contributed by atoms with E-state index in [1.165, 1.54) is 0 Å². The van der Waals surface area contributed by atoms with Crippen molar-refractivity contribution >= 4 is 6.03 Å². The molecule has 7 heteroatoms. The van der Waals surface area contributed by atoms with Crippen molar-refractivity contribution < 1.29 is 9.32 Å². The van der Waals surface area contributed by atoms with Gasteiger partial charge in [-0.1, -0.05) is 19.0 Å².